The van der Waals surface area contributed by atoms with E-state index >= 15 is 0 Å². The van der Waals surface area contributed by atoms with Gasteiger partial charge in [-0.3, -0.25) is 4.79 Å². The van der Waals surface area contributed by atoms with E-state index in [2.05, 4.69) is 5.32 Å². The van der Waals surface area contributed by atoms with Gasteiger partial charge < -0.3 is 10.1 Å². The highest BCUT2D eigenvalue weighted by molar-refractivity contribution is 6.32. The summed E-state index contributed by atoms with van der Waals surface area (Å²) in [6, 6.07) is 14.0. The quantitative estimate of drug-likeness (QED) is 0.588. The van der Waals surface area contributed by atoms with Crippen molar-refractivity contribution in [3.63, 3.8) is 0 Å². The van der Waals surface area contributed by atoms with Crippen molar-refractivity contribution >= 4 is 29.6 Å². The fourth-order valence-electron chi connectivity index (χ4n) is 2.22. The van der Waals surface area contributed by atoms with Gasteiger partial charge in [0.05, 0.1) is 5.02 Å². The molecule has 0 fully saturated rings. The molecule has 0 aliphatic carbocycles. The maximum atomic E-state index is 13.6. The molecule has 136 valence electrons. The summed E-state index contributed by atoms with van der Waals surface area (Å²) in [5.41, 5.74) is 1.20. The van der Waals surface area contributed by atoms with Gasteiger partial charge in [0, 0.05) is 18.2 Å². The Bertz CT molecular complexity index is 773. The molecule has 0 spiro atoms. The molecule has 0 bridgehead atoms. The lowest BCUT2D eigenvalue weighted by molar-refractivity contribution is -0.143. The molecule has 4 nitrogen and oxygen atoms in total. The van der Waals surface area contributed by atoms with Crippen LogP contribution in [0.3, 0.4) is 0 Å². The van der Waals surface area contributed by atoms with Crippen LogP contribution in [0.2, 0.25) is 5.02 Å². The van der Waals surface area contributed by atoms with Gasteiger partial charge in [-0.15, -0.1) is 0 Å². The molecular weight excluding hydrogens is 357 g/mol. The summed E-state index contributed by atoms with van der Waals surface area (Å²) in [7, 11) is 0. The minimum absolute atomic E-state index is 0.0901. The molecule has 0 aromatic heterocycles. The van der Waals surface area contributed by atoms with Crippen LogP contribution in [0.25, 0.3) is 6.08 Å². The first-order valence-corrected chi connectivity index (χ1v) is 8.45. The Kier molecular flexibility index (Phi) is 7.36. The van der Waals surface area contributed by atoms with Gasteiger partial charge in [0.25, 0.3) is 5.91 Å². The monoisotopic (exact) mass is 375 g/mol. The highest BCUT2D eigenvalue weighted by Crippen LogP contribution is 2.20. The number of rotatable bonds is 7. The average Bonchev–Trinajstić information content (AvgIpc) is 2.64. The number of amides is 1. The van der Waals surface area contributed by atoms with Crippen molar-refractivity contribution < 1.29 is 18.7 Å². The Morgan fingerprint density at radius 1 is 1.19 bits per heavy atom. The van der Waals surface area contributed by atoms with Crippen molar-refractivity contribution in [2.75, 3.05) is 13.2 Å². The third kappa shape index (κ3) is 6.01. The normalized spacial score (nSPS) is 12.0. The lowest BCUT2D eigenvalue weighted by Crippen LogP contribution is -2.31. The largest absolute Gasteiger partial charge is 0.452 e. The first kappa shape index (κ1) is 19.7. The number of hydrogen-bond donors (Lipinski definition) is 1. The molecule has 1 N–H and O–H groups in total. The SMILES string of the molecule is C[C@@H](CNC(=O)COC(=O)/C=C/c1c(F)cccc1Cl)c1ccccc1. The molecule has 0 aliphatic heterocycles. The molecule has 2 rings (SSSR count). The molecule has 0 unspecified atom stereocenters. The van der Waals surface area contributed by atoms with E-state index in [1.54, 1.807) is 0 Å². The van der Waals surface area contributed by atoms with Crippen molar-refractivity contribution in [2.45, 2.75) is 12.8 Å². The van der Waals surface area contributed by atoms with E-state index in [1.165, 1.54) is 24.3 Å². The smallest absolute Gasteiger partial charge is 0.331 e. The standard InChI is InChI=1S/C20H19ClFNO3/c1-14(15-6-3-2-4-7-15)12-23-19(24)13-26-20(25)11-10-16-17(21)8-5-9-18(16)22/h2-11,14H,12-13H2,1H3,(H,23,24)/b11-10+/t14-/m0/s1. The molecule has 0 radical (unpaired) electrons. The lowest BCUT2D eigenvalue weighted by Gasteiger charge is -2.12. The molecular formula is C20H19ClFNO3. The van der Waals surface area contributed by atoms with Crippen LogP contribution in [-0.4, -0.2) is 25.0 Å². The number of halogens is 2. The number of hydrogen-bond acceptors (Lipinski definition) is 3. The van der Waals surface area contributed by atoms with Crippen LogP contribution in [0.15, 0.2) is 54.6 Å². The number of esters is 1. The van der Waals surface area contributed by atoms with E-state index in [0.29, 0.717) is 6.54 Å². The third-order valence-electron chi connectivity index (χ3n) is 3.71. The van der Waals surface area contributed by atoms with E-state index in [4.69, 9.17) is 16.3 Å². The van der Waals surface area contributed by atoms with Crippen molar-refractivity contribution in [1.82, 2.24) is 5.32 Å². The first-order valence-electron chi connectivity index (χ1n) is 8.08. The topological polar surface area (TPSA) is 55.4 Å². The predicted molar refractivity (Wildman–Crippen MR) is 99.3 cm³/mol. The van der Waals surface area contributed by atoms with Crippen LogP contribution in [0.5, 0.6) is 0 Å². The second kappa shape index (κ2) is 9.73. The average molecular weight is 376 g/mol. The second-order valence-electron chi connectivity index (χ2n) is 5.69. The Morgan fingerprint density at radius 3 is 2.62 bits per heavy atom. The summed E-state index contributed by atoms with van der Waals surface area (Å²) in [5, 5.41) is 2.89. The van der Waals surface area contributed by atoms with E-state index in [0.717, 1.165) is 11.6 Å². The number of nitrogens with one attached hydrogen (secondary N) is 1. The van der Waals surface area contributed by atoms with Crippen LogP contribution < -0.4 is 5.32 Å². The molecule has 2 aromatic carbocycles. The van der Waals surface area contributed by atoms with Crippen LogP contribution in [0, 0.1) is 5.82 Å². The van der Waals surface area contributed by atoms with Gasteiger partial charge in [-0.05, 0) is 29.7 Å². The minimum Gasteiger partial charge on any atom is -0.452 e. The predicted octanol–water partition coefficient (Wildman–Crippen LogP) is 3.96. The summed E-state index contributed by atoms with van der Waals surface area (Å²) < 4.78 is 18.4. The molecule has 0 aliphatic rings. The Balaban J connectivity index is 1.76. The zero-order valence-corrected chi connectivity index (χ0v) is 15.0. The number of ether oxygens (including phenoxy) is 1. The van der Waals surface area contributed by atoms with Crippen molar-refractivity contribution in [2.24, 2.45) is 0 Å². The van der Waals surface area contributed by atoms with E-state index in [1.807, 2.05) is 37.3 Å². The molecule has 0 saturated carbocycles. The van der Waals surface area contributed by atoms with Crippen LogP contribution in [-0.2, 0) is 14.3 Å². The maximum Gasteiger partial charge on any atom is 0.331 e. The van der Waals surface area contributed by atoms with Gasteiger partial charge in [-0.2, -0.15) is 0 Å². The molecule has 0 heterocycles. The maximum absolute atomic E-state index is 13.6. The molecule has 2 aromatic rings. The molecule has 1 atom stereocenters. The highest BCUT2D eigenvalue weighted by atomic mass is 35.5. The zero-order chi connectivity index (χ0) is 18.9. The van der Waals surface area contributed by atoms with Gasteiger partial charge in [0.2, 0.25) is 0 Å². The molecule has 1 amide bonds. The summed E-state index contributed by atoms with van der Waals surface area (Å²) in [4.78, 5) is 23.4. The summed E-state index contributed by atoms with van der Waals surface area (Å²) >= 11 is 5.85. The van der Waals surface area contributed by atoms with Gasteiger partial charge in [0.15, 0.2) is 6.61 Å². The number of carbonyl (C=O) groups excluding carboxylic acids is 2. The van der Waals surface area contributed by atoms with E-state index < -0.39 is 24.3 Å². The van der Waals surface area contributed by atoms with Crippen LogP contribution >= 0.6 is 11.6 Å². The van der Waals surface area contributed by atoms with Crippen molar-refractivity contribution in [1.29, 1.82) is 0 Å². The lowest BCUT2D eigenvalue weighted by atomic mass is 10.0. The second-order valence-corrected chi connectivity index (χ2v) is 6.10. The zero-order valence-electron chi connectivity index (χ0n) is 14.2. The Morgan fingerprint density at radius 2 is 1.92 bits per heavy atom. The fraction of sp³-hybridized carbons (Fsp3) is 0.200. The van der Waals surface area contributed by atoms with Crippen molar-refractivity contribution in [3.8, 4) is 0 Å². The summed E-state index contributed by atoms with van der Waals surface area (Å²) in [6.07, 6.45) is 2.25. The Labute approximate surface area is 156 Å². The van der Waals surface area contributed by atoms with Gasteiger partial charge in [-0.25, -0.2) is 9.18 Å². The fourth-order valence-corrected chi connectivity index (χ4v) is 2.45. The Hall–Kier alpha value is -2.66. The van der Waals surface area contributed by atoms with Crippen LogP contribution in [0.4, 0.5) is 4.39 Å². The molecule has 6 heteroatoms. The summed E-state index contributed by atoms with van der Waals surface area (Å²) in [6.45, 7) is 2.01. The van der Waals surface area contributed by atoms with Gasteiger partial charge >= 0.3 is 5.97 Å². The number of carbonyl (C=O) groups is 2. The highest BCUT2D eigenvalue weighted by Gasteiger charge is 2.09. The van der Waals surface area contributed by atoms with E-state index in [-0.39, 0.29) is 16.5 Å². The van der Waals surface area contributed by atoms with Crippen LogP contribution in [0.1, 0.15) is 24.0 Å². The van der Waals surface area contributed by atoms with E-state index in [9.17, 15) is 14.0 Å². The summed E-state index contributed by atoms with van der Waals surface area (Å²) in [5.74, 6) is -1.57. The third-order valence-corrected chi connectivity index (χ3v) is 4.03. The first-order chi connectivity index (χ1) is 12.5. The minimum atomic E-state index is -0.754. The number of benzene rings is 2. The van der Waals surface area contributed by atoms with Gasteiger partial charge in [-0.1, -0.05) is 54.9 Å². The molecule has 26 heavy (non-hydrogen) atoms. The molecule has 0 saturated heterocycles. The van der Waals surface area contributed by atoms with Gasteiger partial charge in [0.1, 0.15) is 5.82 Å². The van der Waals surface area contributed by atoms with Crippen molar-refractivity contribution in [3.05, 3.63) is 76.6 Å².